The largest absolute Gasteiger partial charge is 0.346 e. The normalized spacial score (nSPS) is 11.9. The van der Waals surface area contributed by atoms with Gasteiger partial charge in [-0.3, -0.25) is 4.79 Å². The summed E-state index contributed by atoms with van der Waals surface area (Å²) in [5.41, 5.74) is 4.28. The van der Waals surface area contributed by atoms with Gasteiger partial charge in [0.15, 0.2) is 0 Å². The van der Waals surface area contributed by atoms with E-state index < -0.39 is 0 Å². The van der Waals surface area contributed by atoms with E-state index in [2.05, 4.69) is 35.0 Å². The number of aromatic nitrogens is 1. The number of carbonyl (C=O) groups excluding carboxylic acids is 1. The Morgan fingerprint density at radius 3 is 2.46 bits per heavy atom. The van der Waals surface area contributed by atoms with Gasteiger partial charge in [0.25, 0.3) is 0 Å². The molecular formula is C21H22N2O. The first-order valence-corrected chi connectivity index (χ1v) is 8.18. The van der Waals surface area contributed by atoms with E-state index in [1.165, 1.54) is 5.56 Å². The molecule has 1 aromatic heterocycles. The number of hydrogen-bond acceptors (Lipinski definition) is 1. The van der Waals surface area contributed by atoms with Crippen LogP contribution in [0.2, 0.25) is 0 Å². The third-order valence-corrected chi connectivity index (χ3v) is 4.21. The fraction of sp³-hybridized carbons (Fsp3) is 0.190. The molecule has 0 aliphatic rings. The van der Waals surface area contributed by atoms with Crippen molar-refractivity contribution in [2.45, 2.75) is 26.3 Å². The molecule has 0 spiro atoms. The number of amides is 1. The maximum atomic E-state index is 12.6. The minimum Gasteiger partial charge on any atom is -0.346 e. The molecule has 3 aromatic rings. The number of para-hydroxylation sites is 1. The summed E-state index contributed by atoms with van der Waals surface area (Å²) in [4.78, 5) is 12.6. The van der Waals surface area contributed by atoms with Crippen molar-refractivity contribution in [1.29, 1.82) is 0 Å². The highest BCUT2D eigenvalue weighted by atomic mass is 16.1. The molecule has 0 saturated carbocycles. The Bertz CT molecular complexity index is 821. The summed E-state index contributed by atoms with van der Waals surface area (Å²) in [6, 6.07) is 20.2. The van der Waals surface area contributed by atoms with E-state index in [1.54, 1.807) is 0 Å². The molecule has 0 radical (unpaired) electrons. The highest BCUT2D eigenvalue weighted by Gasteiger charge is 2.18. The second-order valence-electron chi connectivity index (χ2n) is 6.13. The van der Waals surface area contributed by atoms with Crippen LogP contribution in [-0.2, 0) is 4.79 Å². The van der Waals surface area contributed by atoms with Crippen LogP contribution in [0.3, 0.4) is 0 Å². The maximum absolute atomic E-state index is 12.6. The van der Waals surface area contributed by atoms with Crippen molar-refractivity contribution in [2.75, 3.05) is 5.32 Å². The Morgan fingerprint density at radius 1 is 1.00 bits per heavy atom. The van der Waals surface area contributed by atoms with Crippen LogP contribution in [0.1, 0.15) is 29.2 Å². The van der Waals surface area contributed by atoms with Crippen molar-refractivity contribution in [3.05, 3.63) is 89.7 Å². The van der Waals surface area contributed by atoms with E-state index in [1.807, 2.05) is 61.8 Å². The summed E-state index contributed by atoms with van der Waals surface area (Å²) in [7, 11) is 0. The van der Waals surface area contributed by atoms with Crippen molar-refractivity contribution in [1.82, 2.24) is 4.57 Å². The molecule has 2 aromatic carbocycles. The summed E-state index contributed by atoms with van der Waals surface area (Å²) in [5, 5.41) is 3.03. The molecule has 1 heterocycles. The van der Waals surface area contributed by atoms with Crippen molar-refractivity contribution in [3.8, 4) is 0 Å². The number of nitrogens with zero attached hydrogens (tertiary/aromatic N) is 1. The number of benzene rings is 2. The molecule has 3 heteroatoms. The van der Waals surface area contributed by atoms with Crippen LogP contribution in [0, 0.1) is 13.8 Å². The third-order valence-electron chi connectivity index (χ3n) is 4.21. The molecule has 0 unspecified atom stereocenters. The van der Waals surface area contributed by atoms with Crippen molar-refractivity contribution < 1.29 is 4.79 Å². The van der Waals surface area contributed by atoms with Gasteiger partial charge in [-0.2, -0.15) is 0 Å². The first kappa shape index (κ1) is 16.1. The van der Waals surface area contributed by atoms with Gasteiger partial charge < -0.3 is 9.88 Å². The average molecular weight is 318 g/mol. The lowest BCUT2D eigenvalue weighted by atomic mass is 10.0. The van der Waals surface area contributed by atoms with Gasteiger partial charge in [-0.15, -0.1) is 0 Å². The monoisotopic (exact) mass is 318 g/mol. The van der Waals surface area contributed by atoms with Gasteiger partial charge in [0.2, 0.25) is 5.91 Å². The second-order valence-corrected chi connectivity index (χ2v) is 6.13. The molecule has 1 atom stereocenters. The minimum absolute atomic E-state index is 0.0103. The van der Waals surface area contributed by atoms with Crippen LogP contribution in [0.15, 0.2) is 73.1 Å². The lowest BCUT2D eigenvalue weighted by Gasteiger charge is -2.20. The van der Waals surface area contributed by atoms with E-state index in [9.17, 15) is 4.79 Å². The number of nitrogens with one attached hydrogen (secondary N) is 1. The fourth-order valence-electron chi connectivity index (χ4n) is 2.92. The first-order chi connectivity index (χ1) is 11.6. The van der Waals surface area contributed by atoms with E-state index in [4.69, 9.17) is 0 Å². The van der Waals surface area contributed by atoms with Crippen LogP contribution >= 0.6 is 0 Å². The highest BCUT2D eigenvalue weighted by Crippen LogP contribution is 2.24. The lowest BCUT2D eigenvalue weighted by molar-refractivity contribution is -0.116. The van der Waals surface area contributed by atoms with Gasteiger partial charge in [0, 0.05) is 18.1 Å². The summed E-state index contributed by atoms with van der Waals surface area (Å²) >= 11 is 0. The fourth-order valence-corrected chi connectivity index (χ4v) is 2.92. The highest BCUT2D eigenvalue weighted by molar-refractivity contribution is 5.92. The molecule has 3 nitrogen and oxygen atoms in total. The molecule has 0 aliphatic heterocycles. The number of hydrogen-bond donors (Lipinski definition) is 1. The quantitative estimate of drug-likeness (QED) is 0.725. The average Bonchev–Trinajstić information content (AvgIpc) is 3.09. The topological polar surface area (TPSA) is 34.0 Å². The van der Waals surface area contributed by atoms with Crippen LogP contribution in [0.25, 0.3) is 0 Å². The Kier molecular flexibility index (Phi) is 4.80. The zero-order chi connectivity index (χ0) is 16.9. The number of anilines is 1. The summed E-state index contributed by atoms with van der Waals surface area (Å²) in [5.74, 6) is 0.0181. The lowest BCUT2D eigenvalue weighted by Crippen LogP contribution is -2.20. The summed E-state index contributed by atoms with van der Waals surface area (Å²) in [6.07, 6.45) is 4.41. The Labute approximate surface area is 143 Å². The zero-order valence-corrected chi connectivity index (χ0v) is 14.1. The SMILES string of the molecule is Cc1cccc([C@H](CC(=O)Nc2ccccc2C)n2cccc2)c1. The van der Waals surface area contributed by atoms with Crippen LogP contribution in [-0.4, -0.2) is 10.5 Å². The number of aryl methyl sites for hydroxylation is 2. The van der Waals surface area contributed by atoms with Gasteiger partial charge in [0.05, 0.1) is 12.5 Å². The van der Waals surface area contributed by atoms with Crippen molar-refractivity contribution in [3.63, 3.8) is 0 Å². The van der Waals surface area contributed by atoms with Crippen molar-refractivity contribution in [2.24, 2.45) is 0 Å². The first-order valence-electron chi connectivity index (χ1n) is 8.18. The van der Waals surface area contributed by atoms with Crippen LogP contribution in [0.5, 0.6) is 0 Å². The summed E-state index contributed by atoms with van der Waals surface area (Å²) < 4.78 is 2.09. The molecular weight excluding hydrogens is 296 g/mol. The smallest absolute Gasteiger partial charge is 0.226 e. The molecule has 122 valence electrons. The molecule has 0 fully saturated rings. The Hall–Kier alpha value is -2.81. The molecule has 0 bridgehead atoms. The van der Waals surface area contributed by atoms with Gasteiger partial charge in [0.1, 0.15) is 0 Å². The zero-order valence-electron chi connectivity index (χ0n) is 14.1. The molecule has 1 amide bonds. The third kappa shape index (κ3) is 3.74. The van der Waals surface area contributed by atoms with E-state index in [0.717, 1.165) is 16.8 Å². The van der Waals surface area contributed by atoms with Crippen LogP contribution < -0.4 is 5.32 Å². The number of rotatable bonds is 5. The number of carbonyl (C=O) groups is 1. The van der Waals surface area contributed by atoms with Gasteiger partial charge in [-0.25, -0.2) is 0 Å². The van der Waals surface area contributed by atoms with E-state index in [0.29, 0.717) is 6.42 Å². The predicted molar refractivity (Wildman–Crippen MR) is 98.2 cm³/mol. The van der Waals surface area contributed by atoms with E-state index in [-0.39, 0.29) is 11.9 Å². The molecule has 1 N–H and O–H groups in total. The summed E-state index contributed by atoms with van der Waals surface area (Å²) in [6.45, 7) is 4.07. The Balaban J connectivity index is 1.82. The standard InChI is InChI=1S/C21H22N2O/c1-16-8-7-10-18(14-16)20(23-12-5-6-13-23)15-21(24)22-19-11-4-3-9-17(19)2/h3-14,20H,15H2,1-2H3,(H,22,24)/t20-/m0/s1. The van der Waals surface area contributed by atoms with Crippen LogP contribution in [0.4, 0.5) is 5.69 Å². The second kappa shape index (κ2) is 7.18. The van der Waals surface area contributed by atoms with Gasteiger partial charge in [-0.1, -0.05) is 48.0 Å². The predicted octanol–water partition coefficient (Wildman–Crippen LogP) is 4.72. The Morgan fingerprint density at radius 2 is 1.75 bits per heavy atom. The molecule has 3 rings (SSSR count). The minimum atomic E-state index is -0.0103. The molecule has 0 saturated heterocycles. The van der Waals surface area contributed by atoms with Crippen molar-refractivity contribution >= 4 is 11.6 Å². The maximum Gasteiger partial charge on any atom is 0.226 e. The molecule has 0 aliphatic carbocycles. The van der Waals surface area contributed by atoms with E-state index >= 15 is 0 Å². The van der Waals surface area contributed by atoms with Gasteiger partial charge in [-0.05, 0) is 43.2 Å². The molecule has 24 heavy (non-hydrogen) atoms. The van der Waals surface area contributed by atoms with Gasteiger partial charge >= 0.3 is 0 Å².